The van der Waals surface area contributed by atoms with Gasteiger partial charge in [-0.15, -0.1) is 13.2 Å². The minimum Gasteiger partial charge on any atom is -0.493 e. The highest BCUT2D eigenvalue weighted by atomic mass is 19.4. The summed E-state index contributed by atoms with van der Waals surface area (Å²) in [5.74, 6) is -0.476. The van der Waals surface area contributed by atoms with Crippen molar-refractivity contribution in [3.8, 4) is 11.5 Å². The molecule has 8 nitrogen and oxygen atoms in total. The number of aromatic nitrogens is 1. The van der Waals surface area contributed by atoms with E-state index in [1.165, 1.54) is 43.6 Å². The monoisotopic (exact) mass is 486 g/mol. The number of carbonyl (C=O) groups is 1. The van der Waals surface area contributed by atoms with E-state index in [9.17, 15) is 22.4 Å². The van der Waals surface area contributed by atoms with Crippen molar-refractivity contribution in [1.29, 1.82) is 0 Å². The Bertz CT molecular complexity index is 1040. The molecule has 2 atom stereocenters. The number of hydrogen-bond acceptors (Lipinski definition) is 7. The van der Waals surface area contributed by atoms with Gasteiger partial charge in [0.25, 0.3) is 5.91 Å². The van der Waals surface area contributed by atoms with Gasteiger partial charge in [0.2, 0.25) is 0 Å². The van der Waals surface area contributed by atoms with Crippen LogP contribution < -0.4 is 9.47 Å². The van der Waals surface area contributed by atoms with Gasteiger partial charge in [-0.05, 0) is 30.3 Å². The number of carbonyl (C=O) groups excluding carboxylic acids is 1. The van der Waals surface area contributed by atoms with Gasteiger partial charge >= 0.3 is 6.36 Å². The van der Waals surface area contributed by atoms with Gasteiger partial charge in [0.15, 0.2) is 11.5 Å². The van der Waals surface area contributed by atoms with Gasteiger partial charge in [0, 0.05) is 24.7 Å². The molecule has 0 radical (unpaired) electrons. The largest absolute Gasteiger partial charge is 0.522 e. The zero-order chi connectivity index (χ0) is 24.3. The lowest BCUT2D eigenvalue weighted by atomic mass is 9.84. The number of alkyl halides is 3. The average molecular weight is 486 g/mol. The van der Waals surface area contributed by atoms with Crippen molar-refractivity contribution in [3.63, 3.8) is 0 Å². The smallest absolute Gasteiger partial charge is 0.493 e. The normalized spacial score (nSPS) is 22.4. The molecule has 0 saturated carbocycles. The zero-order valence-electron chi connectivity index (χ0n) is 18.1. The second-order valence-electron chi connectivity index (χ2n) is 7.65. The fourth-order valence-corrected chi connectivity index (χ4v) is 4.11. The molecule has 34 heavy (non-hydrogen) atoms. The number of fused-ring (bicyclic) bond motifs is 1. The van der Waals surface area contributed by atoms with Gasteiger partial charge in [0.1, 0.15) is 36.6 Å². The molecule has 2 fully saturated rings. The summed E-state index contributed by atoms with van der Waals surface area (Å²) in [5.41, 5.74) is -0.635. The van der Waals surface area contributed by atoms with Crippen LogP contribution in [0.4, 0.5) is 17.6 Å². The Morgan fingerprint density at radius 2 is 2.09 bits per heavy atom. The van der Waals surface area contributed by atoms with E-state index >= 15 is 0 Å². The number of nitrogens with zero attached hydrogens (tertiary/aromatic N) is 2. The van der Waals surface area contributed by atoms with Crippen LogP contribution in [0.15, 0.2) is 36.5 Å². The summed E-state index contributed by atoms with van der Waals surface area (Å²) < 4.78 is 76.3. The van der Waals surface area contributed by atoms with Gasteiger partial charge in [-0.1, -0.05) is 0 Å². The van der Waals surface area contributed by atoms with E-state index in [1.54, 1.807) is 4.90 Å². The van der Waals surface area contributed by atoms with Gasteiger partial charge < -0.3 is 23.8 Å². The molecule has 184 valence electrons. The minimum atomic E-state index is -4.74. The molecule has 0 N–H and O–H groups in total. The number of hydrogen-bond donors (Lipinski definition) is 0. The molecule has 2 aliphatic rings. The summed E-state index contributed by atoms with van der Waals surface area (Å²) >= 11 is 0. The zero-order valence-corrected chi connectivity index (χ0v) is 18.1. The Morgan fingerprint density at radius 1 is 1.26 bits per heavy atom. The van der Waals surface area contributed by atoms with Gasteiger partial charge in [0.05, 0.1) is 20.3 Å². The summed E-state index contributed by atoms with van der Waals surface area (Å²) in [5, 5.41) is 0. The van der Waals surface area contributed by atoms with Crippen molar-refractivity contribution in [2.24, 2.45) is 0 Å². The molecule has 12 heteroatoms. The molecule has 0 spiro atoms. The van der Waals surface area contributed by atoms with Crippen molar-refractivity contribution in [3.05, 3.63) is 53.6 Å². The first-order valence-corrected chi connectivity index (χ1v) is 10.4. The fourth-order valence-electron chi connectivity index (χ4n) is 4.11. The van der Waals surface area contributed by atoms with Crippen molar-refractivity contribution >= 4 is 5.91 Å². The summed E-state index contributed by atoms with van der Waals surface area (Å²) in [6.07, 6.45) is -3.58. The third-order valence-corrected chi connectivity index (χ3v) is 5.71. The van der Waals surface area contributed by atoms with Crippen molar-refractivity contribution in [2.45, 2.75) is 24.5 Å². The lowest BCUT2D eigenvalue weighted by Crippen LogP contribution is -2.54. The number of amides is 1. The molecule has 2 aromatic rings. The Labute approximate surface area is 192 Å². The lowest BCUT2D eigenvalue weighted by Gasteiger charge is -2.41. The molecular formula is C22H22F4N2O6. The maximum atomic E-state index is 14.5. The van der Waals surface area contributed by atoms with Crippen LogP contribution in [0.25, 0.3) is 0 Å². The van der Waals surface area contributed by atoms with E-state index in [-0.39, 0.29) is 61.6 Å². The molecule has 0 bridgehead atoms. The molecule has 2 saturated heterocycles. The highest BCUT2D eigenvalue weighted by molar-refractivity contribution is 5.95. The molecule has 1 unspecified atom stereocenters. The van der Waals surface area contributed by atoms with Crippen LogP contribution in [0.5, 0.6) is 11.5 Å². The molecule has 1 aromatic heterocycles. The van der Waals surface area contributed by atoms with Crippen LogP contribution in [0.1, 0.15) is 22.5 Å². The number of benzene rings is 1. The van der Waals surface area contributed by atoms with Crippen molar-refractivity contribution in [2.75, 3.05) is 40.2 Å². The van der Waals surface area contributed by atoms with Crippen LogP contribution in [0.3, 0.4) is 0 Å². The first kappa shape index (κ1) is 24.2. The molecule has 4 rings (SSSR count). The molecule has 1 aromatic carbocycles. The third kappa shape index (κ3) is 4.93. The highest BCUT2D eigenvalue weighted by Gasteiger charge is 2.53. The topological polar surface area (TPSA) is 79.4 Å². The quantitative estimate of drug-likeness (QED) is 0.439. The summed E-state index contributed by atoms with van der Waals surface area (Å²) in [6.45, 7) is -0.668. The van der Waals surface area contributed by atoms with Gasteiger partial charge in [-0.2, -0.15) is 0 Å². The maximum Gasteiger partial charge on any atom is 0.522 e. The number of rotatable bonds is 7. The molecule has 1 amide bonds. The van der Waals surface area contributed by atoms with Crippen LogP contribution in [0.2, 0.25) is 0 Å². The van der Waals surface area contributed by atoms with Crippen LogP contribution in [0, 0.1) is 5.82 Å². The van der Waals surface area contributed by atoms with E-state index in [0.717, 1.165) is 0 Å². The van der Waals surface area contributed by atoms with Crippen molar-refractivity contribution in [1.82, 2.24) is 9.88 Å². The Hall–Kier alpha value is -2.96. The summed E-state index contributed by atoms with van der Waals surface area (Å²) in [6, 6.07) is 7.15. The van der Waals surface area contributed by atoms with E-state index in [0.29, 0.717) is 0 Å². The highest BCUT2D eigenvalue weighted by Crippen LogP contribution is 2.43. The number of piperidine rings is 1. The minimum absolute atomic E-state index is 0.0410. The third-order valence-electron chi connectivity index (χ3n) is 5.71. The number of halogens is 4. The standard InChI is InChI=1S/C22H22F4N2O6/c1-30-17-11-14(4-5-16(17)31-9-10-33-22(24,25)26)20(29)28-8-6-21(18(12-28)32-13-34-21)19-15(23)3-2-7-27-19/h2-5,7,11,18H,6,8-10,12-13H2,1H3/t18?,21-/m0/s1. The van der Waals surface area contributed by atoms with Crippen LogP contribution >= 0.6 is 0 Å². The fraction of sp³-hybridized carbons (Fsp3) is 0.455. The summed E-state index contributed by atoms with van der Waals surface area (Å²) in [7, 11) is 1.35. The first-order chi connectivity index (χ1) is 16.2. The average Bonchev–Trinajstić information content (AvgIpc) is 3.25. The number of methoxy groups -OCH3 is 1. The molecule has 3 heterocycles. The van der Waals surface area contributed by atoms with E-state index in [1.807, 2.05) is 0 Å². The molecular weight excluding hydrogens is 464 g/mol. The molecule has 2 aliphatic heterocycles. The first-order valence-electron chi connectivity index (χ1n) is 10.4. The second-order valence-corrected chi connectivity index (χ2v) is 7.65. The number of ether oxygens (including phenoxy) is 5. The predicted octanol–water partition coefficient (Wildman–Crippen LogP) is 3.26. The van der Waals surface area contributed by atoms with E-state index < -0.39 is 30.5 Å². The predicted molar refractivity (Wildman–Crippen MR) is 108 cm³/mol. The van der Waals surface area contributed by atoms with Gasteiger partial charge in [-0.3, -0.25) is 14.5 Å². The Morgan fingerprint density at radius 3 is 2.82 bits per heavy atom. The van der Waals surface area contributed by atoms with Crippen molar-refractivity contribution < 1.29 is 46.0 Å². The van der Waals surface area contributed by atoms with E-state index in [4.69, 9.17) is 18.9 Å². The maximum absolute atomic E-state index is 14.5. The SMILES string of the molecule is COc1cc(C(=O)N2CC[C@]3(c4ncccc4F)OCOC3C2)ccc1OCCOC(F)(F)F. The second kappa shape index (κ2) is 9.72. The van der Waals surface area contributed by atoms with E-state index in [2.05, 4.69) is 9.72 Å². The van der Waals surface area contributed by atoms with Gasteiger partial charge in [-0.25, -0.2) is 4.39 Å². The number of likely N-dealkylation sites (tertiary alicyclic amines) is 1. The Kier molecular flexibility index (Phi) is 6.91. The molecule has 0 aliphatic carbocycles. The van der Waals surface area contributed by atoms with Crippen LogP contribution in [-0.2, 0) is 19.8 Å². The lowest BCUT2D eigenvalue weighted by molar-refractivity contribution is -0.325. The number of pyridine rings is 1. The Balaban J connectivity index is 1.44. The summed E-state index contributed by atoms with van der Waals surface area (Å²) in [4.78, 5) is 18.9. The van der Waals surface area contributed by atoms with Crippen LogP contribution in [-0.4, -0.2) is 68.5 Å².